The molecule has 0 saturated carbocycles. The maximum Gasteiger partial charge on any atom is 0.119 e. The number of hydrogen-bond acceptors (Lipinski definition) is 4. The Hall–Kier alpha value is -1.36. The van der Waals surface area contributed by atoms with Gasteiger partial charge >= 0.3 is 0 Å². The summed E-state index contributed by atoms with van der Waals surface area (Å²) >= 11 is 1.58. The Labute approximate surface area is 117 Å². The lowest BCUT2D eigenvalue weighted by atomic mass is 10.3. The van der Waals surface area contributed by atoms with Crippen LogP contribution in [0.3, 0.4) is 0 Å². The molecule has 2 rings (SSSR count). The molecule has 0 aliphatic heterocycles. The summed E-state index contributed by atoms with van der Waals surface area (Å²) in [4.78, 5) is 1.01. The number of benzene rings is 1. The van der Waals surface area contributed by atoms with E-state index in [0.717, 1.165) is 23.6 Å². The molecule has 1 aromatic heterocycles. The van der Waals surface area contributed by atoms with Gasteiger partial charge in [0.05, 0.1) is 6.61 Å². The Morgan fingerprint density at radius 2 is 2.00 bits per heavy atom. The zero-order chi connectivity index (χ0) is 13.3. The molecule has 0 bridgehead atoms. The smallest absolute Gasteiger partial charge is 0.119 e. The molecule has 0 spiro atoms. The quantitative estimate of drug-likeness (QED) is 0.729. The van der Waals surface area contributed by atoms with Crippen LogP contribution in [0.5, 0.6) is 5.75 Å². The van der Waals surface area contributed by atoms with E-state index >= 15 is 0 Å². The van der Waals surface area contributed by atoms with Crippen molar-refractivity contribution in [2.24, 2.45) is 0 Å². The lowest BCUT2D eigenvalue weighted by Crippen LogP contribution is -2.23. The van der Waals surface area contributed by atoms with Crippen molar-refractivity contribution < 1.29 is 9.84 Å². The van der Waals surface area contributed by atoms with Gasteiger partial charge in [-0.3, -0.25) is 0 Å². The molecule has 0 radical (unpaired) electrons. The van der Waals surface area contributed by atoms with E-state index < -0.39 is 6.10 Å². The Morgan fingerprint density at radius 3 is 2.74 bits per heavy atom. The van der Waals surface area contributed by atoms with Gasteiger partial charge in [-0.15, -0.1) is 11.3 Å². The summed E-state index contributed by atoms with van der Waals surface area (Å²) in [7, 11) is 0. The third-order valence-electron chi connectivity index (χ3n) is 2.72. The number of nitrogens with one attached hydrogen (secondary N) is 1. The van der Waals surface area contributed by atoms with Crippen LogP contribution in [0.15, 0.2) is 47.8 Å². The fraction of sp³-hybridized carbons (Fsp3) is 0.333. The Morgan fingerprint density at radius 1 is 1.16 bits per heavy atom. The minimum absolute atomic E-state index is 0.407. The van der Waals surface area contributed by atoms with Crippen LogP contribution < -0.4 is 10.1 Å². The average molecular weight is 277 g/mol. The van der Waals surface area contributed by atoms with Gasteiger partial charge in [0.15, 0.2) is 0 Å². The summed E-state index contributed by atoms with van der Waals surface area (Å²) in [6, 6.07) is 13.7. The molecule has 4 heteroatoms. The normalized spacial score (nSPS) is 12.3. The molecule has 2 N–H and O–H groups in total. The highest BCUT2D eigenvalue weighted by molar-refractivity contribution is 7.10. The van der Waals surface area contributed by atoms with Gasteiger partial charge in [-0.05, 0) is 36.5 Å². The fourth-order valence-corrected chi connectivity index (χ4v) is 2.44. The first-order valence-corrected chi connectivity index (χ1v) is 7.34. The lowest BCUT2D eigenvalue weighted by Gasteiger charge is -2.10. The van der Waals surface area contributed by atoms with Gasteiger partial charge < -0.3 is 15.2 Å². The van der Waals surface area contributed by atoms with Gasteiger partial charge in [0.1, 0.15) is 11.9 Å². The second-order valence-electron chi connectivity index (χ2n) is 4.25. The number of aliphatic hydroxyl groups excluding tert-OH is 1. The summed E-state index contributed by atoms with van der Waals surface area (Å²) in [6.45, 7) is 2.12. The maximum absolute atomic E-state index is 9.86. The van der Waals surface area contributed by atoms with Crippen LogP contribution in [0, 0.1) is 0 Å². The van der Waals surface area contributed by atoms with E-state index in [9.17, 15) is 5.11 Å². The van der Waals surface area contributed by atoms with E-state index in [1.807, 2.05) is 47.8 Å². The molecule has 1 atom stereocenters. The molecule has 0 aliphatic rings. The molecular weight excluding hydrogens is 258 g/mol. The van der Waals surface area contributed by atoms with E-state index in [0.29, 0.717) is 13.2 Å². The van der Waals surface area contributed by atoms with Crippen molar-refractivity contribution in [2.75, 3.05) is 19.7 Å². The highest BCUT2D eigenvalue weighted by Crippen LogP contribution is 2.17. The van der Waals surface area contributed by atoms with Gasteiger partial charge in [0, 0.05) is 11.4 Å². The van der Waals surface area contributed by atoms with Crippen LogP contribution in [-0.2, 0) is 0 Å². The fourth-order valence-electron chi connectivity index (χ4n) is 1.72. The van der Waals surface area contributed by atoms with Crippen molar-refractivity contribution in [2.45, 2.75) is 12.5 Å². The highest BCUT2D eigenvalue weighted by atomic mass is 32.1. The standard InChI is InChI=1S/C15H19NO2S/c17-14(15-8-4-11-19-15)12-16-9-5-10-18-13-6-2-1-3-7-13/h1-4,6-8,11,14,16-17H,5,9-10,12H2. The van der Waals surface area contributed by atoms with E-state index in [2.05, 4.69) is 5.32 Å². The summed E-state index contributed by atoms with van der Waals surface area (Å²) in [5, 5.41) is 15.1. The van der Waals surface area contributed by atoms with Crippen molar-refractivity contribution >= 4 is 11.3 Å². The second-order valence-corrected chi connectivity index (χ2v) is 5.23. The predicted molar refractivity (Wildman–Crippen MR) is 78.7 cm³/mol. The molecule has 2 aromatic rings. The van der Waals surface area contributed by atoms with Crippen LogP contribution in [0.25, 0.3) is 0 Å². The first kappa shape index (κ1) is 14.1. The van der Waals surface area contributed by atoms with Gasteiger partial charge in [-0.25, -0.2) is 0 Å². The average Bonchev–Trinajstić information content (AvgIpc) is 2.98. The van der Waals surface area contributed by atoms with Crippen molar-refractivity contribution in [1.82, 2.24) is 5.32 Å². The van der Waals surface area contributed by atoms with Crippen LogP contribution in [0.1, 0.15) is 17.4 Å². The van der Waals surface area contributed by atoms with E-state index in [1.54, 1.807) is 11.3 Å². The molecular formula is C15H19NO2S. The third kappa shape index (κ3) is 5.03. The zero-order valence-electron chi connectivity index (χ0n) is 10.8. The zero-order valence-corrected chi connectivity index (χ0v) is 11.6. The van der Waals surface area contributed by atoms with Crippen LogP contribution in [0.2, 0.25) is 0 Å². The van der Waals surface area contributed by atoms with Crippen LogP contribution in [0.4, 0.5) is 0 Å². The molecule has 0 saturated heterocycles. The molecule has 1 unspecified atom stereocenters. The molecule has 102 valence electrons. The number of thiophene rings is 1. The molecule has 1 aromatic carbocycles. The number of aliphatic hydroxyl groups is 1. The maximum atomic E-state index is 9.86. The monoisotopic (exact) mass is 277 g/mol. The minimum atomic E-state index is -0.407. The van der Waals surface area contributed by atoms with Gasteiger partial charge in [0.2, 0.25) is 0 Å². The SMILES string of the molecule is OC(CNCCCOc1ccccc1)c1cccs1. The summed E-state index contributed by atoms with van der Waals surface area (Å²) in [6.07, 6.45) is 0.515. The summed E-state index contributed by atoms with van der Waals surface area (Å²) in [5.41, 5.74) is 0. The van der Waals surface area contributed by atoms with Crippen LogP contribution in [-0.4, -0.2) is 24.8 Å². The molecule has 1 heterocycles. The number of hydrogen-bond donors (Lipinski definition) is 2. The Kier molecular flexibility index (Phi) is 5.88. The van der Waals surface area contributed by atoms with Crippen molar-refractivity contribution in [1.29, 1.82) is 0 Å². The summed E-state index contributed by atoms with van der Waals surface area (Å²) in [5.74, 6) is 0.904. The second kappa shape index (κ2) is 7.94. The van der Waals surface area contributed by atoms with Crippen molar-refractivity contribution in [3.63, 3.8) is 0 Å². The third-order valence-corrected chi connectivity index (χ3v) is 3.69. The summed E-state index contributed by atoms with van der Waals surface area (Å²) < 4.78 is 5.58. The highest BCUT2D eigenvalue weighted by Gasteiger charge is 2.06. The van der Waals surface area contributed by atoms with Gasteiger partial charge in [-0.1, -0.05) is 24.3 Å². The molecule has 0 fully saturated rings. The first-order chi connectivity index (χ1) is 9.36. The van der Waals surface area contributed by atoms with Gasteiger partial charge in [0.25, 0.3) is 0 Å². The molecule has 0 amide bonds. The van der Waals surface area contributed by atoms with Gasteiger partial charge in [-0.2, -0.15) is 0 Å². The Bertz CT molecular complexity index is 444. The number of ether oxygens (including phenoxy) is 1. The Balaban J connectivity index is 1.53. The lowest BCUT2D eigenvalue weighted by molar-refractivity contribution is 0.177. The first-order valence-electron chi connectivity index (χ1n) is 6.46. The minimum Gasteiger partial charge on any atom is -0.494 e. The molecule has 0 aliphatic carbocycles. The largest absolute Gasteiger partial charge is 0.494 e. The number of rotatable bonds is 8. The predicted octanol–water partition coefficient (Wildman–Crippen LogP) is 2.84. The topological polar surface area (TPSA) is 41.5 Å². The van der Waals surface area contributed by atoms with Crippen molar-refractivity contribution in [3.8, 4) is 5.75 Å². The van der Waals surface area contributed by atoms with Crippen LogP contribution >= 0.6 is 11.3 Å². The van der Waals surface area contributed by atoms with E-state index in [-0.39, 0.29) is 0 Å². The molecule has 19 heavy (non-hydrogen) atoms. The molecule has 3 nitrogen and oxygen atoms in total. The van der Waals surface area contributed by atoms with E-state index in [1.165, 1.54) is 0 Å². The van der Waals surface area contributed by atoms with E-state index in [4.69, 9.17) is 4.74 Å². The van der Waals surface area contributed by atoms with Crippen molar-refractivity contribution in [3.05, 3.63) is 52.7 Å². The number of para-hydroxylation sites is 1.